The summed E-state index contributed by atoms with van der Waals surface area (Å²) in [4.78, 5) is 38.7. The van der Waals surface area contributed by atoms with E-state index in [1.165, 1.54) is 7.11 Å². The van der Waals surface area contributed by atoms with Crippen LogP contribution in [-0.4, -0.2) is 34.4 Å². The molecule has 0 unspecified atom stereocenters. The summed E-state index contributed by atoms with van der Waals surface area (Å²) >= 11 is 3.23. The summed E-state index contributed by atoms with van der Waals surface area (Å²) < 4.78 is 7.12. The van der Waals surface area contributed by atoms with E-state index in [1.807, 2.05) is 6.07 Å². The van der Waals surface area contributed by atoms with Crippen LogP contribution in [0, 0.1) is 0 Å². The van der Waals surface area contributed by atoms with E-state index in [1.54, 1.807) is 41.2 Å². The number of aromatic nitrogens is 2. The Balaban J connectivity index is 1.71. The normalized spacial score (nSPS) is 10.5. The Morgan fingerprint density at radius 3 is 2.69 bits per heavy atom. The van der Waals surface area contributed by atoms with Crippen LogP contribution in [0.2, 0.25) is 0 Å². The average Bonchev–Trinajstić information content (AvgIpc) is 3.23. The lowest BCUT2D eigenvalue weighted by Crippen LogP contribution is -2.43. The van der Waals surface area contributed by atoms with E-state index >= 15 is 0 Å². The number of nitrogens with one attached hydrogen (secondary N) is 3. The van der Waals surface area contributed by atoms with Crippen molar-refractivity contribution in [1.29, 1.82) is 0 Å². The third-order valence-electron chi connectivity index (χ3n) is 3.72. The molecule has 2 aromatic heterocycles. The number of halogens is 1. The number of methoxy groups -OCH3 is 1. The molecule has 0 aliphatic carbocycles. The highest BCUT2D eigenvalue weighted by Gasteiger charge is 2.17. The maximum Gasteiger partial charge on any atom is 0.340 e. The molecule has 0 spiro atoms. The van der Waals surface area contributed by atoms with Gasteiger partial charge in [0.25, 0.3) is 11.8 Å². The largest absolute Gasteiger partial charge is 0.465 e. The third kappa shape index (κ3) is 3.62. The standard InChI is InChI=1S/C17H15BrN4O4/c1-26-17(25)12-8-22(14-5-3-2-4-11(12)14)9-15(23)20-21-16(24)13-6-10(18)7-19-13/h2-8,19H,9H2,1H3,(H,20,23)(H,21,24). The summed E-state index contributed by atoms with van der Waals surface area (Å²) in [6.07, 6.45) is 3.16. The first-order valence-electron chi connectivity index (χ1n) is 7.59. The van der Waals surface area contributed by atoms with Crippen LogP contribution < -0.4 is 10.9 Å². The number of nitrogens with zero attached hydrogens (tertiary/aromatic N) is 1. The van der Waals surface area contributed by atoms with E-state index < -0.39 is 17.8 Å². The van der Waals surface area contributed by atoms with Gasteiger partial charge in [-0.25, -0.2) is 4.79 Å². The summed E-state index contributed by atoms with van der Waals surface area (Å²) in [5, 5.41) is 0.687. The predicted octanol–water partition coefficient (Wildman–Crippen LogP) is 1.98. The van der Waals surface area contributed by atoms with Crippen molar-refractivity contribution >= 4 is 44.6 Å². The van der Waals surface area contributed by atoms with Gasteiger partial charge in [0.05, 0.1) is 12.7 Å². The number of esters is 1. The minimum Gasteiger partial charge on any atom is -0.465 e. The Hall–Kier alpha value is -3.07. The molecule has 0 radical (unpaired) electrons. The van der Waals surface area contributed by atoms with Gasteiger partial charge in [-0.1, -0.05) is 18.2 Å². The monoisotopic (exact) mass is 418 g/mol. The van der Waals surface area contributed by atoms with Crippen molar-refractivity contribution in [3.8, 4) is 0 Å². The lowest BCUT2D eigenvalue weighted by molar-refractivity contribution is -0.122. The van der Waals surface area contributed by atoms with Crippen LogP contribution in [-0.2, 0) is 16.1 Å². The highest BCUT2D eigenvalue weighted by molar-refractivity contribution is 9.10. The average molecular weight is 419 g/mol. The Bertz CT molecular complexity index is 992. The van der Waals surface area contributed by atoms with E-state index in [9.17, 15) is 14.4 Å². The number of hydrazine groups is 1. The Morgan fingerprint density at radius 1 is 1.23 bits per heavy atom. The second-order valence-electron chi connectivity index (χ2n) is 5.41. The van der Waals surface area contributed by atoms with Crippen molar-refractivity contribution in [2.45, 2.75) is 6.54 Å². The fourth-order valence-corrected chi connectivity index (χ4v) is 2.88. The predicted molar refractivity (Wildman–Crippen MR) is 97.4 cm³/mol. The first-order valence-corrected chi connectivity index (χ1v) is 8.38. The summed E-state index contributed by atoms with van der Waals surface area (Å²) in [6.45, 7) is -0.0772. The molecule has 134 valence electrons. The number of hydrogen-bond acceptors (Lipinski definition) is 4. The van der Waals surface area contributed by atoms with Crippen LogP contribution in [0.5, 0.6) is 0 Å². The molecule has 0 aliphatic rings. The lowest BCUT2D eigenvalue weighted by Gasteiger charge is -2.08. The molecule has 3 rings (SSSR count). The maximum atomic E-state index is 12.2. The van der Waals surface area contributed by atoms with E-state index in [2.05, 4.69) is 31.8 Å². The number of benzene rings is 1. The molecule has 9 heteroatoms. The second kappa shape index (κ2) is 7.44. The SMILES string of the molecule is COC(=O)c1cn(CC(=O)NNC(=O)c2cc(Br)c[nH]2)c2ccccc12. The molecule has 0 fully saturated rings. The van der Waals surface area contributed by atoms with Crippen molar-refractivity contribution in [3.63, 3.8) is 0 Å². The van der Waals surface area contributed by atoms with Crippen molar-refractivity contribution in [2.75, 3.05) is 7.11 Å². The highest BCUT2D eigenvalue weighted by atomic mass is 79.9. The number of ether oxygens (including phenoxy) is 1. The topological polar surface area (TPSA) is 105 Å². The summed E-state index contributed by atoms with van der Waals surface area (Å²) in [7, 11) is 1.30. The van der Waals surface area contributed by atoms with Crippen LogP contribution in [0.3, 0.4) is 0 Å². The summed E-state index contributed by atoms with van der Waals surface area (Å²) in [6, 6.07) is 8.77. The summed E-state index contributed by atoms with van der Waals surface area (Å²) in [5.74, 6) is -1.40. The molecule has 0 bridgehead atoms. The minimum atomic E-state index is -0.481. The molecule has 0 atom stereocenters. The number of carbonyl (C=O) groups is 3. The van der Waals surface area contributed by atoms with Gasteiger partial charge in [-0.2, -0.15) is 0 Å². The second-order valence-corrected chi connectivity index (χ2v) is 6.33. The molecule has 2 heterocycles. The molecule has 0 saturated carbocycles. The fraction of sp³-hybridized carbons (Fsp3) is 0.118. The van der Waals surface area contributed by atoms with Crippen molar-refractivity contribution < 1.29 is 19.1 Å². The molecule has 1 aromatic carbocycles. The third-order valence-corrected chi connectivity index (χ3v) is 4.17. The number of amides is 2. The van der Waals surface area contributed by atoms with Crippen LogP contribution in [0.4, 0.5) is 0 Å². The van der Waals surface area contributed by atoms with Crippen molar-refractivity contribution in [2.24, 2.45) is 0 Å². The number of aromatic amines is 1. The molecule has 0 saturated heterocycles. The van der Waals surface area contributed by atoms with Crippen LogP contribution in [0.25, 0.3) is 10.9 Å². The molecule has 3 aromatic rings. The quantitative estimate of drug-likeness (QED) is 0.444. The molecular weight excluding hydrogens is 404 g/mol. The number of para-hydroxylation sites is 1. The zero-order valence-corrected chi connectivity index (χ0v) is 15.3. The Morgan fingerprint density at radius 2 is 2.00 bits per heavy atom. The van der Waals surface area contributed by atoms with Gasteiger partial charge in [0, 0.05) is 27.8 Å². The van der Waals surface area contributed by atoms with Gasteiger partial charge in [-0.15, -0.1) is 0 Å². The molecule has 8 nitrogen and oxygen atoms in total. The minimum absolute atomic E-state index is 0.0772. The number of rotatable bonds is 4. The smallest absolute Gasteiger partial charge is 0.340 e. The van der Waals surface area contributed by atoms with E-state index in [0.29, 0.717) is 22.2 Å². The molecule has 0 aliphatic heterocycles. The van der Waals surface area contributed by atoms with Crippen LogP contribution in [0.15, 0.2) is 47.2 Å². The van der Waals surface area contributed by atoms with Crippen molar-refractivity contribution in [3.05, 3.63) is 58.5 Å². The van der Waals surface area contributed by atoms with Crippen molar-refractivity contribution in [1.82, 2.24) is 20.4 Å². The number of carbonyl (C=O) groups excluding carboxylic acids is 3. The lowest BCUT2D eigenvalue weighted by atomic mass is 10.2. The number of hydrogen-bond donors (Lipinski definition) is 3. The Kier molecular flexibility index (Phi) is 5.08. The van der Waals surface area contributed by atoms with Gasteiger partial charge < -0.3 is 14.3 Å². The number of fused-ring (bicyclic) bond motifs is 1. The molecular formula is C17H15BrN4O4. The van der Waals surface area contributed by atoms with Gasteiger partial charge >= 0.3 is 5.97 Å². The van der Waals surface area contributed by atoms with Gasteiger partial charge in [0.2, 0.25) is 0 Å². The van der Waals surface area contributed by atoms with Gasteiger partial charge in [-0.05, 0) is 28.1 Å². The fourth-order valence-electron chi connectivity index (χ4n) is 2.54. The van der Waals surface area contributed by atoms with Crippen LogP contribution >= 0.6 is 15.9 Å². The van der Waals surface area contributed by atoms with E-state index in [-0.39, 0.29) is 6.54 Å². The van der Waals surface area contributed by atoms with E-state index in [0.717, 1.165) is 4.47 Å². The zero-order chi connectivity index (χ0) is 18.7. The number of H-pyrrole nitrogens is 1. The van der Waals surface area contributed by atoms with Gasteiger partial charge in [0.15, 0.2) is 0 Å². The maximum absolute atomic E-state index is 12.2. The zero-order valence-electron chi connectivity index (χ0n) is 13.7. The van der Waals surface area contributed by atoms with Gasteiger partial charge in [-0.3, -0.25) is 20.4 Å². The Labute approximate surface area is 156 Å². The molecule has 2 amide bonds. The van der Waals surface area contributed by atoms with E-state index in [4.69, 9.17) is 4.74 Å². The first kappa shape index (κ1) is 17.7. The molecule has 26 heavy (non-hydrogen) atoms. The first-order chi connectivity index (χ1) is 12.5. The summed E-state index contributed by atoms with van der Waals surface area (Å²) in [5.41, 5.74) is 6.06. The van der Waals surface area contributed by atoms with Crippen LogP contribution in [0.1, 0.15) is 20.8 Å². The highest BCUT2D eigenvalue weighted by Crippen LogP contribution is 2.21. The molecule has 3 N–H and O–H groups in total. The van der Waals surface area contributed by atoms with Gasteiger partial charge in [0.1, 0.15) is 12.2 Å².